The fourth-order valence-electron chi connectivity index (χ4n) is 2.02. The number of thiophene rings is 1. The van der Waals surface area contributed by atoms with Crippen LogP contribution in [0.2, 0.25) is 0 Å². The van der Waals surface area contributed by atoms with Crippen molar-refractivity contribution in [3.63, 3.8) is 0 Å². The van der Waals surface area contributed by atoms with Crippen molar-refractivity contribution < 1.29 is 9.21 Å². The maximum atomic E-state index is 12.3. The molecule has 0 fully saturated rings. The molecule has 118 valence electrons. The Labute approximate surface area is 151 Å². The van der Waals surface area contributed by atoms with E-state index in [-0.39, 0.29) is 5.91 Å². The van der Waals surface area contributed by atoms with Crippen LogP contribution < -0.4 is 5.32 Å². The van der Waals surface area contributed by atoms with E-state index in [0.29, 0.717) is 18.1 Å². The molecule has 0 radical (unpaired) electrons. The maximum absolute atomic E-state index is 12.3. The third kappa shape index (κ3) is 4.50. The molecule has 0 atom stereocenters. The van der Waals surface area contributed by atoms with Crippen LogP contribution in [-0.2, 0) is 12.3 Å². The van der Waals surface area contributed by atoms with Gasteiger partial charge in [0.15, 0.2) is 5.76 Å². The van der Waals surface area contributed by atoms with Gasteiger partial charge in [0, 0.05) is 30.9 Å². The lowest BCUT2D eigenvalue weighted by Crippen LogP contribution is -2.22. The molecule has 0 saturated carbocycles. The summed E-state index contributed by atoms with van der Waals surface area (Å²) in [6, 6.07) is 14.0. The fraction of sp³-hybridized carbons (Fsp3) is 0.118. The standard InChI is InChI=1S/C17H14BrNO2S2/c18-13-8-15(23-11-13)9-19-17(20)16-12(6-7-21-16)10-22-14-4-2-1-3-5-14/h1-8,11H,9-10H2,(H,19,20). The molecule has 2 aromatic heterocycles. The van der Waals surface area contributed by atoms with Crippen molar-refractivity contribution in [3.8, 4) is 0 Å². The van der Waals surface area contributed by atoms with Crippen molar-refractivity contribution in [3.05, 3.63) is 74.8 Å². The smallest absolute Gasteiger partial charge is 0.287 e. The number of furan rings is 1. The van der Waals surface area contributed by atoms with Gasteiger partial charge in [-0.05, 0) is 40.2 Å². The molecule has 0 unspecified atom stereocenters. The van der Waals surface area contributed by atoms with Crippen LogP contribution in [-0.4, -0.2) is 5.91 Å². The maximum Gasteiger partial charge on any atom is 0.287 e. The summed E-state index contributed by atoms with van der Waals surface area (Å²) in [5.41, 5.74) is 0.906. The van der Waals surface area contributed by atoms with E-state index in [9.17, 15) is 4.79 Å². The second-order valence-electron chi connectivity index (χ2n) is 4.79. The molecule has 6 heteroatoms. The van der Waals surface area contributed by atoms with Crippen LogP contribution >= 0.6 is 39.0 Å². The summed E-state index contributed by atoms with van der Waals surface area (Å²) < 4.78 is 6.41. The zero-order valence-electron chi connectivity index (χ0n) is 12.1. The highest BCUT2D eigenvalue weighted by atomic mass is 79.9. The highest BCUT2D eigenvalue weighted by Crippen LogP contribution is 2.25. The molecule has 23 heavy (non-hydrogen) atoms. The van der Waals surface area contributed by atoms with Gasteiger partial charge in [0.1, 0.15) is 0 Å². The predicted molar refractivity (Wildman–Crippen MR) is 97.9 cm³/mol. The number of halogens is 1. The third-order valence-electron chi connectivity index (χ3n) is 3.14. The lowest BCUT2D eigenvalue weighted by Gasteiger charge is -2.04. The highest BCUT2D eigenvalue weighted by Gasteiger charge is 2.15. The minimum Gasteiger partial charge on any atom is -0.459 e. The Morgan fingerprint density at radius 3 is 2.83 bits per heavy atom. The van der Waals surface area contributed by atoms with Crippen molar-refractivity contribution >= 4 is 44.9 Å². The van der Waals surface area contributed by atoms with Crippen molar-refractivity contribution in [2.75, 3.05) is 0 Å². The first kappa shape index (κ1) is 16.4. The van der Waals surface area contributed by atoms with Gasteiger partial charge in [0.2, 0.25) is 0 Å². The number of hydrogen-bond donors (Lipinski definition) is 1. The first-order chi connectivity index (χ1) is 11.2. The van der Waals surface area contributed by atoms with Gasteiger partial charge in [-0.1, -0.05) is 18.2 Å². The van der Waals surface area contributed by atoms with Gasteiger partial charge in [-0.2, -0.15) is 0 Å². The number of hydrogen-bond acceptors (Lipinski definition) is 4. The van der Waals surface area contributed by atoms with Gasteiger partial charge in [0.25, 0.3) is 5.91 Å². The topological polar surface area (TPSA) is 42.2 Å². The molecule has 0 bridgehead atoms. The van der Waals surface area contributed by atoms with Crippen LogP contribution in [0.1, 0.15) is 21.0 Å². The Bertz CT molecular complexity index is 783. The molecule has 3 rings (SSSR count). The summed E-state index contributed by atoms with van der Waals surface area (Å²) in [5.74, 6) is 0.917. The Kier molecular flexibility index (Phi) is 5.59. The molecule has 1 amide bonds. The van der Waals surface area contributed by atoms with Crippen molar-refractivity contribution in [1.82, 2.24) is 5.32 Å². The molecule has 2 heterocycles. The van der Waals surface area contributed by atoms with E-state index in [1.165, 1.54) is 4.90 Å². The molecule has 0 saturated heterocycles. The molecule has 0 aliphatic rings. The predicted octanol–water partition coefficient (Wildman–Crippen LogP) is 5.33. The summed E-state index contributed by atoms with van der Waals surface area (Å²) in [6.45, 7) is 0.501. The molecule has 1 aromatic carbocycles. The van der Waals surface area contributed by atoms with Crippen molar-refractivity contribution in [2.24, 2.45) is 0 Å². The Morgan fingerprint density at radius 1 is 1.26 bits per heavy atom. The third-order valence-corrected chi connectivity index (χ3v) is 5.89. The molecule has 1 N–H and O–H groups in total. The lowest BCUT2D eigenvalue weighted by atomic mass is 10.2. The van der Waals surface area contributed by atoms with Gasteiger partial charge in [-0.25, -0.2) is 0 Å². The summed E-state index contributed by atoms with van der Waals surface area (Å²) >= 11 is 6.70. The minimum atomic E-state index is -0.178. The van der Waals surface area contributed by atoms with Crippen molar-refractivity contribution in [2.45, 2.75) is 17.2 Å². The molecule has 0 aliphatic heterocycles. The summed E-state index contributed by atoms with van der Waals surface area (Å²) in [6.07, 6.45) is 1.57. The largest absolute Gasteiger partial charge is 0.459 e. The first-order valence-electron chi connectivity index (χ1n) is 6.97. The number of nitrogens with one attached hydrogen (secondary N) is 1. The lowest BCUT2D eigenvalue weighted by molar-refractivity contribution is 0.0922. The quantitative estimate of drug-likeness (QED) is 0.561. The Hall–Kier alpha value is -1.50. The number of carbonyl (C=O) groups is 1. The highest BCUT2D eigenvalue weighted by molar-refractivity contribution is 9.10. The molecular formula is C17H14BrNO2S2. The molecule has 3 nitrogen and oxygen atoms in total. The number of benzene rings is 1. The summed E-state index contributed by atoms with van der Waals surface area (Å²) in [5, 5.41) is 4.90. The van der Waals surface area contributed by atoms with E-state index in [1.807, 2.05) is 35.7 Å². The van der Waals surface area contributed by atoms with Crippen molar-refractivity contribution in [1.29, 1.82) is 0 Å². The van der Waals surface area contributed by atoms with Gasteiger partial charge in [-0.15, -0.1) is 23.1 Å². The van der Waals surface area contributed by atoms with Crippen LogP contribution in [0.25, 0.3) is 0 Å². The Morgan fingerprint density at radius 2 is 2.09 bits per heavy atom. The summed E-state index contributed by atoms with van der Waals surface area (Å²) in [4.78, 5) is 14.6. The van der Waals surface area contributed by atoms with Gasteiger partial charge >= 0.3 is 0 Å². The van der Waals surface area contributed by atoms with Crippen LogP contribution in [0.4, 0.5) is 0 Å². The van der Waals surface area contributed by atoms with Gasteiger partial charge in [0.05, 0.1) is 12.8 Å². The van der Waals surface area contributed by atoms with E-state index in [1.54, 1.807) is 29.4 Å². The van der Waals surface area contributed by atoms with Crippen LogP contribution in [0.15, 0.2) is 67.9 Å². The second-order valence-corrected chi connectivity index (χ2v) is 7.75. The van der Waals surface area contributed by atoms with E-state index in [2.05, 4.69) is 33.4 Å². The average molecular weight is 408 g/mol. The Balaban J connectivity index is 1.59. The molecule has 0 spiro atoms. The average Bonchev–Trinajstić information content (AvgIpc) is 3.20. The SMILES string of the molecule is O=C(NCc1cc(Br)cs1)c1occc1CSc1ccccc1. The number of amides is 1. The monoisotopic (exact) mass is 407 g/mol. The molecule has 0 aliphatic carbocycles. The summed E-state index contributed by atoms with van der Waals surface area (Å²) in [7, 11) is 0. The van der Waals surface area contributed by atoms with E-state index >= 15 is 0 Å². The second kappa shape index (κ2) is 7.86. The normalized spacial score (nSPS) is 10.7. The zero-order chi connectivity index (χ0) is 16.1. The number of thioether (sulfide) groups is 1. The van der Waals surface area contributed by atoms with E-state index < -0.39 is 0 Å². The van der Waals surface area contributed by atoms with Crippen LogP contribution in [0.3, 0.4) is 0 Å². The fourth-order valence-corrected chi connectivity index (χ4v) is 4.31. The van der Waals surface area contributed by atoms with E-state index in [4.69, 9.17) is 4.42 Å². The van der Waals surface area contributed by atoms with Crippen LogP contribution in [0.5, 0.6) is 0 Å². The van der Waals surface area contributed by atoms with Gasteiger partial charge < -0.3 is 9.73 Å². The van der Waals surface area contributed by atoms with Gasteiger partial charge in [-0.3, -0.25) is 4.79 Å². The number of rotatable bonds is 6. The van der Waals surface area contributed by atoms with Crippen LogP contribution in [0, 0.1) is 0 Å². The minimum absolute atomic E-state index is 0.178. The number of carbonyl (C=O) groups excluding carboxylic acids is 1. The first-order valence-corrected chi connectivity index (χ1v) is 9.63. The molecule has 3 aromatic rings. The van der Waals surface area contributed by atoms with E-state index in [0.717, 1.165) is 14.9 Å². The zero-order valence-corrected chi connectivity index (χ0v) is 15.3. The molecular weight excluding hydrogens is 394 g/mol.